The smallest absolute Gasteiger partial charge is 0.214 e. The van der Waals surface area contributed by atoms with Crippen LogP contribution < -0.4 is 0 Å². The van der Waals surface area contributed by atoms with E-state index >= 15 is 0 Å². The number of imidazole rings is 1. The van der Waals surface area contributed by atoms with Crippen molar-refractivity contribution in [3.63, 3.8) is 0 Å². The predicted octanol–water partition coefficient (Wildman–Crippen LogP) is 6.13. The highest BCUT2D eigenvalue weighted by Gasteiger charge is 2.22. The maximum Gasteiger partial charge on any atom is 0.214 e. The second-order valence-electron chi connectivity index (χ2n) is 7.63. The first-order valence-electron chi connectivity index (χ1n) is 10.3. The Bertz CT molecular complexity index is 1350. The maximum absolute atomic E-state index is 13.7. The van der Waals surface area contributed by atoms with Crippen LogP contribution in [-0.4, -0.2) is 25.9 Å². The van der Waals surface area contributed by atoms with E-state index in [0.717, 1.165) is 32.6 Å². The molecule has 3 heterocycles. The highest BCUT2D eigenvalue weighted by atomic mass is 32.2. The van der Waals surface area contributed by atoms with Gasteiger partial charge in [-0.2, -0.15) is 4.98 Å². The van der Waals surface area contributed by atoms with Gasteiger partial charge in [0.1, 0.15) is 22.4 Å². The summed E-state index contributed by atoms with van der Waals surface area (Å²) in [6.07, 6.45) is 7.42. The van der Waals surface area contributed by atoms with Crippen molar-refractivity contribution in [3.05, 3.63) is 90.5 Å². The van der Waals surface area contributed by atoms with Crippen molar-refractivity contribution < 1.29 is 8.91 Å². The summed E-state index contributed by atoms with van der Waals surface area (Å²) in [5.41, 5.74) is 3.86. The van der Waals surface area contributed by atoms with Crippen LogP contribution in [0.4, 0.5) is 4.39 Å². The molecular weight excluding hydrogens is 437 g/mol. The molecule has 8 heteroatoms. The Kier molecular flexibility index (Phi) is 5.75. The van der Waals surface area contributed by atoms with Gasteiger partial charge < -0.3 is 9.09 Å². The molecule has 1 unspecified atom stereocenters. The van der Waals surface area contributed by atoms with Crippen molar-refractivity contribution in [1.82, 2.24) is 19.7 Å². The van der Waals surface area contributed by atoms with E-state index < -0.39 is 0 Å². The molecule has 0 radical (unpaired) electrons. The summed E-state index contributed by atoms with van der Waals surface area (Å²) in [5.74, 6) is 0.690. The Balaban J connectivity index is 1.57. The Hall–Kier alpha value is -3.78. The van der Waals surface area contributed by atoms with Gasteiger partial charge in [-0.25, -0.2) is 9.37 Å². The minimum atomic E-state index is -0.380. The van der Waals surface area contributed by atoms with Crippen LogP contribution in [0.1, 0.15) is 17.3 Å². The summed E-state index contributed by atoms with van der Waals surface area (Å²) < 4.78 is 20.6. The van der Waals surface area contributed by atoms with Gasteiger partial charge in [-0.3, -0.25) is 4.99 Å². The zero-order valence-corrected chi connectivity index (χ0v) is 18.8. The van der Waals surface area contributed by atoms with Gasteiger partial charge in [-0.1, -0.05) is 65.0 Å². The summed E-state index contributed by atoms with van der Waals surface area (Å²) in [6, 6.07) is 16.3. The van der Waals surface area contributed by atoms with Crippen LogP contribution >= 0.6 is 11.8 Å². The Morgan fingerprint density at radius 1 is 1.03 bits per heavy atom. The van der Waals surface area contributed by atoms with E-state index in [1.165, 1.54) is 24.2 Å². The van der Waals surface area contributed by atoms with Crippen molar-refractivity contribution in [2.45, 2.75) is 22.8 Å². The van der Waals surface area contributed by atoms with Gasteiger partial charge in [0.25, 0.3) is 0 Å². The van der Waals surface area contributed by atoms with E-state index in [4.69, 9.17) is 9.51 Å². The third-order valence-corrected chi connectivity index (χ3v) is 6.46. The van der Waals surface area contributed by atoms with Gasteiger partial charge in [0, 0.05) is 29.3 Å². The number of nitrogens with zero attached hydrogens (tertiary/aromatic N) is 5. The molecule has 0 aliphatic carbocycles. The first kappa shape index (κ1) is 21.1. The molecule has 1 aliphatic heterocycles. The Labute approximate surface area is 194 Å². The fourth-order valence-corrected chi connectivity index (χ4v) is 4.53. The van der Waals surface area contributed by atoms with Gasteiger partial charge in [0.2, 0.25) is 12.2 Å². The third-order valence-electron chi connectivity index (χ3n) is 5.30. The summed E-state index contributed by atoms with van der Waals surface area (Å²) in [6.45, 7) is 2.07. The lowest BCUT2D eigenvalue weighted by atomic mass is 10.1. The number of aliphatic imine (C=N–C) groups is 1. The third kappa shape index (κ3) is 4.42. The summed E-state index contributed by atoms with van der Waals surface area (Å²) in [4.78, 5) is 14.3. The number of aryl methyl sites for hydroxylation is 1. The molecule has 164 valence electrons. The number of hydrogen-bond donors (Lipinski definition) is 0. The number of rotatable bonds is 5. The van der Waals surface area contributed by atoms with Gasteiger partial charge in [-0.05, 0) is 25.1 Å². The molecule has 0 fully saturated rings. The van der Waals surface area contributed by atoms with Crippen LogP contribution in [0.2, 0.25) is 0 Å². The first-order chi connectivity index (χ1) is 16.1. The minimum absolute atomic E-state index is 0.246. The molecule has 0 N–H and O–H groups in total. The molecule has 0 saturated carbocycles. The van der Waals surface area contributed by atoms with E-state index in [2.05, 4.69) is 50.9 Å². The van der Waals surface area contributed by atoms with E-state index in [-0.39, 0.29) is 11.7 Å². The van der Waals surface area contributed by atoms with Crippen LogP contribution in [0.3, 0.4) is 0 Å². The highest BCUT2D eigenvalue weighted by Crippen LogP contribution is 2.38. The number of halogens is 1. The van der Waals surface area contributed by atoms with E-state index in [9.17, 15) is 4.39 Å². The van der Waals surface area contributed by atoms with Crippen LogP contribution in [0, 0.1) is 6.92 Å². The molecule has 6 nitrogen and oxygen atoms in total. The van der Waals surface area contributed by atoms with E-state index in [1.807, 2.05) is 31.3 Å². The van der Waals surface area contributed by atoms with Gasteiger partial charge >= 0.3 is 0 Å². The van der Waals surface area contributed by atoms with Crippen molar-refractivity contribution in [1.29, 1.82) is 0 Å². The monoisotopic (exact) mass is 457 g/mol. The predicted molar refractivity (Wildman–Crippen MR) is 127 cm³/mol. The molecule has 2 aromatic carbocycles. The molecule has 4 aromatic rings. The quantitative estimate of drug-likeness (QED) is 0.360. The molecule has 1 atom stereocenters. The van der Waals surface area contributed by atoms with Crippen molar-refractivity contribution in [2.24, 2.45) is 12.0 Å². The van der Waals surface area contributed by atoms with Gasteiger partial charge in [-0.15, -0.1) is 0 Å². The summed E-state index contributed by atoms with van der Waals surface area (Å²) >= 11 is 1.64. The van der Waals surface area contributed by atoms with Crippen molar-refractivity contribution in [2.75, 3.05) is 0 Å². The van der Waals surface area contributed by atoms with E-state index in [0.29, 0.717) is 5.82 Å². The fourth-order valence-electron chi connectivity index (χ4n) is 3.54. The Morgan fingerprint density at radius 3 is 2.52 bits per heavy atom. The average molecular weight is 458 g/mol. The lowest BCUT2D eigenvalue weighted by Gasteiger charge is -2.10. The zero-order valence-electron chi connectivity index (χ0n) is 18.0. The zero-order chi connectivity index (χ0) is 22.8. The number of allylic oxidation sites excluding steroid dienone is 3. The topological polar surface area (TPSA) is 69.1 Å². The first-order valence-corrected chi connectivity index (χ1v) is 11.2. The lowest BCUT2D eigenvalue weighted by molar-refractivity contribution is 0.419. The molecule has 0 spiro atoms. The molecule has 1 aliphatic rings. The SMILES string of the molecule is Cc1ccc(Sc2c(-c3ccc(-c4ncon4)cc3)nc(C3C=CC(F)=CN=C3)n2C)cc1. The Morgan fingerprint density at radius 2 is 1.79 bits per heavy atom. The van der Waals surface area contributed by atoms with Crippen molar-refractivity contribution in [3.8, 4) is 22.6 Å². The molecule has 2 aromatic heterocycles. The van der Waals surface area contributed by atoms with Gasteiger partial charge in [0.05, 0.1) is 12.1 Å². The largest absolute Gasteiger partial charge is 0.342 e. The summed E-state index contributed by atoms with van der Waals surface area (Å²) in [5, 5.41) is 4.88. The van der Waals surface area contributed by atoms with Crippen LogP contribution in [0.15, 0.2) is 98.5 Å². The fraction of sp³-hybridized carbons (Fsp3) is 0.120. The summed E-state index contributed by atoms with van der Waals surface area (Å²) in [7, 11) is 1.98. The average Bonchev–Trinajstić information content (AvgIpc) is 3.41. The second-order valence-corrected chi connectivity index (χ2v) is 8.69. The standard InChI is InChI=1S/C25H20FN5OS/c1-16-3-11-21(12-4-16)33-25-22(17-5-7-18(8-6-17)23-28-15-32-30-23)29-24(31(25)2)19-9-10-20(26)14-27-13-19/h3-15,19H,1-2H3. The second kappa shape index (κ2) is 8.99. The number of aromatic nitrogens is 4. The van der Waals surface area contributed by atoms with Gasteiger partial charge in [0.15, 0.2) is 0 Å². The van der Waals surface area contributed by atoms with Crippen LogP contribution in [0.5, 0.6) is 0 Å². The molecule has 33 heavy (non-hydrogen) atoms. The molecule has 0 bridgehead atoms. The minimum Gasteiger partial charge on any atom is -0.342 e. The lowest BCUT2D eigenvalue weighted by Crippen LogP contribution is -2.05. The molecule has 0 saturated heterocycles. The van der Waals surface area contributed by atoms with Crippen LogP contribution in [0.25, 0.3) is 22.6 Å². The molecule has 5 rings (SSSR count). The van der Waals surface area contributed by atoms with Crippen molar-refractivity contribution >= 4 is 18.0 Å². The normalized spacial score (nSPS) is 15.5. The maximum atomic E-state index is 13.7. The van der Waals surface area contributed by atoms with E-state index in [1.54, 1.807) is 24.1 Å². The number of benzene rings is 2. The highest BCUT2D eigenvalue weighted by molar-refractivity contribution is 7.99. The molecule has 0 amide bonds. The number of hydrogen-bond acceptors (Lipinski definition) is 6. The molecular formula is C25H20FN5OS. The van der Waals surface area contributed by atoms with Crippen LogP contribution in [-0.2, 0) is 7.05 Å².